The van der Waals surface area contributed by atoms with Gasteiger partial charge in [-0.05, 0) is 30.6 Å². The van der Waals surface area contributed by atoms with Crippen LogP contribution in [0.25, 0.3) is 0 Å². The van der Waals surface area contributed by atoms with Gasteiger partial charge in [0.1, 0.15) is 17.4 Å². The van der Waals surface area contributed by atoms with Crippen molar-refractivity contribution in [1.29, 1.82) is 0 Å². The summed E-state index contributed by atoms with van der Waals surface area (Å²) in [5.74, 6) is -3.05. The van der Waals surface area contributed by atoms with E-state index in [9.17, 15) is 19.2 Å². The minimum atomic E-state index is -1.36. The van der Waals surface area contributed by atoms with E-state index in [2.05, 4.69) is 13.8 Å². The van der Waals surface area contributed by atoms with Gasteiger partial charge >= 0.3 is 11.9 Å². The number of allylic oxidation sites excluding steroid dienone is 4. The highest BCUT2D eigenvalue weighted by Gasteiger charge is 2.49. The van der Waals surface area contributed by atoms with Crippen molar-refractivity contribution in [1.82, 2.24) is 0 Å². The van der Waals surface area contributed by atoms with E-state index < -0.39 is 47.7 Å². The Bertz CT molecular complexity index is 1380. The maximum absolute atomic E-state index is 13.6. The SMILES string of the molecule is CC[C@H](C)/C=C/C1=CC2=C(Cl)C(=O)C3OC(=O)C(C(=O)[C@@H](C)[C@H](C)OC(=O)[C@H](OC)c4ccccc4)=C3C2=CO1. The van der Waals surface area contributed by atoms with E-state index in [1.807, 2.05) is 12.1 Å². The number of rotatable bonds is 10. The fraction of sp³-hybridized carbons (Fsp3) is 0.355. The Morgan fingerprint density at radius 1 is 1.12 bits per heavy atom. The molecule has 9 heteroatoms. The minimum absolute atomic E-state index is 0.102. The largest absolute Gasteiger partial charge is 0.464 e. The number of ether oxygens (including phenoxy) is 4. The van der Waals surface area contributed by atoms with Crippen LogP contribution in [0.4, 0.5) is 0 Å². The average molecular weight is 567 g/mol. The summed E-state index contributed by atoms with van der Waals surface area (Å²) in [5.41, 5.74) is 1.08. The van der Waals surface area contributed by atoms with Gasteiger partial charge in [-0.15, -0.1) is 0 Å². The topological polar surface area (TPSA) is 105 Å². The normalized spacial score (nSPS) is 21.5. The van der Waals surface area contributed by atoms with E-state index in [1.54, 1.807) is 43.3 Å². The summed E-state index contributed by atoms with van der Waals surface area (Å²) in [6.07, 6.45) is 4.40. The standard InChI is InChI=1S/C31H31ClO8/c1-6-16(2)12-13-20-14-21-22(15-38-20)23-24(30(35)40-29(23)27(34)25(21)32)26(33)17(3)18(4)39-31(36)28(37-5)19-10-8-7-9-11-19/h7-18,28-29H,6H2,1-5H3/b13-12+/t16-,17-,18-,28+,29?/m0/s1. The van der Waals surface area contributed by atoms with E-state index in [0.717, 1.165) is 6.42 Å². The molecule has 0 N–H and O–H groups in total. The predicted octanol–water partition coefficient (Wildman–Crippen LogP) is 5.21. The quantitative estimate of drug-likeness (QED) is 0.281. The second-order valence-electron chi connectivity index (χ2n) is 9.93. The van der Waals surface area contributed by atoms with Gasteiger partial charge in [0, 0.05) is 23.8 Å². The van der Waals surface area contributed by atoms with E-state index in [-0.39, 0.29) is 16.2 Å². The third-order valence-corrected chi connectivity index (χ3v) is 7.67. The number of ketones is 2. The third-order valence-electron chi connectivity index (χ3n) is 7.28. The molecule has 8 nitrogen and oxygen atoms in total. The lowest BCUT2D eigenvalue weighted by molar-refractivity contribution is -0.163. The molecular formula is C31H31ClO8. The zero-order valence-corrected chi connectivity index (χ0v) is 23.7. The van der Waals surface area contributed by atoms with Crippen molar-refractivity contribution in [2.75, 3.05) is 7.11 Å². The van der Waals surface area contributed by atoms with Gasteiger partial charge in [-0.1, -0.05) is 75.2 Å². The van der Waals surface area contributed by atoms with Crippen molar-refractivity contribution in [3.05, 3.63) is 93.5 Å². The number of hydrogen-bond acceptors (Lipinski definition) is 8. The Balaban J connectivity index is 1.61. The summed E-state index contributed by atoms with van der Waals surface area (Å²) in [5, 5.41) is -0.110. The van der Waals surface area contributed by atoms with Gasteiger partial charge < -0.3 is 18.9 Å². The molecule has 2 heterocycles. The number of fused-ring (bicyclic) bond motifs is 3. The van der Waals surface area contributed by atoms with Crippen LogP contribution in [0.15, 0.2) is 87.9 Å². The summed E-state index contributed by atoms with van der Waals surface area (Å²) in [6.45, 7) is 7.21. The molecule has 0 saturated heterocycles. The van der Waals surface area contributed by atoms with Crippen LogP contribution in [0.5, 0.6) is 0 Å². The Kier molecular flexibility index (Phi) is 8.91. The van der Waals surface area contributed by atoms with Crippen molar-refractivity contribution < 1.29 is 38.1 Å². The van der Waals surface area contributed by atoms with Crippen LogP contribution < -0.4 is 0 Å². The first-order chi connectivity index (χ1) is 19.1. The molecule has 0 aromatic heterocycles. The number of carbonyl (C=O) groups excluding carboxylic acids is 4. The van der Waals surface area contributed by atoms with Crippen molar-refractivity contribution >= 4 is 35.1 Å². The number of carbonyl (C=O) groups is 4. The van der Waals surface area contributed by atoms with Crippen LogP contribution in [0.3, 0.4) is 0 Å². The fourth-order valence-electron chi connectivity index (χ4n) is 4.51. The predicted molar refractivity (Wildman–Crippen MR) is 147 cm³/mol. The molecule has 0 saturated carbocycles. The summed E-state index contributed by atoms with van der Waals surface area (Å²) in [7, 11) is 1.38. The number of esters is 2. The minimum Gasteiger partial charge on any atom is -0.464 e. The number of halogens is 1. The Morgan fingerprint density at radius 3 is 2.48 bits per heavy atom. The van der Waals surface area contributed by atoms with Crippen molar-refractivity contribution in [2.24, 2.45) is 11.8 Å². The Hall–Kier alpha value is -3.75. The molecule has 0 bridgehead atoms. The molecule has 0 spiro atoms. The van der Waals surface area contributed by atoms with Crippen LogP contribution in [-0.2, 0) is 38.1 Å². The molecule has 0 amide bonds. The molecule has 3 aliphatic rings. The van der Waals surface area contributed by atoms with Crippen molar-refractivity contribution in [3.8, 4) is 0 Å². The van der Waals surface area contributed by atoms with E-state index in [1.165, 1.54) is 20.3 Å². The Labute approximate surface area is 237 Å². The van der Waals surface area contributed by atoms with Crippen LogP contribution in [0.2, 0.25) is 0 Å². The molecule has 2 aliphatic heterocycles. The zero-order valence-electron chi connectivity index (χ0n) is 22.9. The average Bonchev–Trinajstić information content (AvgIpc) is 3.31. The number of benzene rings is 1. The lowest BCUT2D eigenvalue weighted by Gasteiger charge is -2.26. The highest BCUT2D eigenvalue weighted by atomic mass is 35.5. The second kappa shape index (κ2) is 12.2. The van der Waals surface area contributed by atoms with Crippen LogP contribution in [-0.4, -0.2) is 42.8 Å². The van der Waals surface area contributed by atoms with Gasteiger partial charge in [0.2, 0.25) is 5.78 Å². The lowest BCUT2D eigenvalue weighted by atomic mass is 9.81. The van der Waals surface area contributed by atoms with Gasteiger partial charge in [0.15, 0.2) is 18.0 Å². The number of methoxy groups -OCH3 is 1. The number of Topliss-reactive ketones (excluding diaryl/α,β-unsaturated/α-hetero) is 2. The number of hydrogen-bond donors (Lipinski definition) is 0. The first-order valence-corrected chi connectivity index (χ1v) is 13.5. The molecule has 40 heavy (non-hydrogen) atoms. The molecule has 1 aliphatic carbocycles. The maximum Gasteiger partial charge on any atom is 0.343 e. The van der Waals surface area contributed by atoms with Gasteiger partial charge in [0.25, 0.3) is 0 Å². The molecular weight excluding hydrogens is 536 g/mol. The highest BCUT2D eigenvalue weighted by Crippen LogP contribution is 2.44. The molecule has 0 fully saturated rings. The summed E-state index contributed by atoms with van der Waals surface area (Å²) in [4.78, 5) is 52.5. The van der Waals surface area contributed by atoms with E-state index in [0.29, 0.717) is 28.4 Å². The smallest absolute Gasteiger partial charge is 0.343 e. The summed E-state index contributed by atoms with van der Waals surface area (Å²) in [6, 6.07) is 8.80. The Morgan fingerprint density at radius 2 is 1.82 bits per heavy atom. The molecule has 0 radical (unpaired) electrons. The third kappa shape index (κ3) is 5.60. The molecule has 1 aromatic rings. The van der Waals surface area contributed by atoms with E-state index >= 15 is 0 Å². The van der Waals surface area contributed by atoms with Gasteiger partial charge in [-0.3, -0.25) is 9.59 Å². The first-order valence-electron chi connectivity index (χ1n) is 13.1. The maximum atomic E-state index is 13.6. The fourth-order valence-corrected chi connectivity index (χ4v) is 4.76. The summed E-state index contributed by atoms with van der Waals surface area (Å²) >= 11 is 6.40. The first kappa shape index (κ1) is 29.2. The molecule has 4 rings (SSSR count). The van der Waals surface area contributed by atoms with Crippen molar-refractivity contribution in [2.45, 2.75) is 52.4 Å². The second-order valence-corrected chi connectivity index (χ2v) is 10.3. The van der Waals surface area contributed by atoms with Gasteiger partial charge in [-0.25, -0.2) is 9.59 Å². The zero-order chi connectivity index (χ0) is 29.1. The monoisotopic (exact) mass is 566 g/mol. The van der Waals surface area contributed by atoms with Crippen LogP contribution in [0.1, 0.15) is 45.8 Å². The molecule has 1 unspecified atom stereocenters. The van der Waals surface area contributed by atoms with Gasteiger partial charge in [0.05, 0.1) is 17.2 Å². The van der Waals surface area contributed by atoms with Crippen LogP contribution in [0, 0.1) is 11.8 Å². The van der Waals surface area contributed by atoms with Gasteiger partial charge in [-0.2, -0.15) is 0 Å². The molecule has 210 valence electrons. The highest BCUT2D eigenvalue weighted by molar-refractivity contribution is 6.45. The molecule has 5 atom stereocenters. The van der Waals surface area contributed by atoms with Crippen molar-refractivity contribution in [3.63, 3.8) is 0 Å². The van der Waals surface area contributed by atoms with Crippen LogP contribution >= 0.6 is 11.6 Å². The lowest BCUT2D eigenvalue weighted by Crippen LogP contribution is -2.33. The molecule has 1 aromatic carbocycles. The summed E-state index contributed by atoms with van der Waals surface area (Å²) < 4.78 is 22.0. The van der Waals surface area contributed by atoms with E-state index in [4.69, 9.17) is 30.5 Å².